The Kier molecular flexibility index (Phi) is 3.98. The highest BCUT2D eigenvalue weighted by Crippen LogP contribution is 2.26. The highest BCUT2D eigenvalue weighted by atomic mass is 127. The van der Waals surface area contributed by atoms with Crippen LogP contribution in [0.5, 0.6) is 0 Å². The largest absolute Gasteiger partial charge is 0.366 e. The van der Waals surface area contributed by atoms with Gasteiger partial charge in [0.15, 0.2) is 0 Å². The predicted octanol–water partition coefficient (Wildman–Crippen LogP) is 2.33. The Labute approximate surface area is 106 Å². The van der Waals surface area contributed by atoms with Crippen LogP contribution in [0, 0.1) is 7.14 Å². The normalized spacial score (nSPS) is 10.6. The first-order chi connectivity index (χ1) is 6.45. The number of alkyl halides is 2. The molecule has 1 amide bonds. The number of halogens is 4. The summed E-state index contributed by atoms with van der Waals surface area (Å²) < 4.78 is 25.9. The maximum Gasteiger partial charge on any atom is 0.281 e. The van der Waals surface area contributed by atoms with E-state index in [-0.39, 0.29) is 5.56 Å². The van der Waals surface area contributed by atoms with Crippen molar-refractivity contribution < 1.29 is 13.6 Å². The van der Waals surface area contributed by atoms with Gasteiger partial charge >= 0.3 is 0 Å². The van der Waals surface area contributed by atoms with E-state index in [0.29, 0.717) is 7.14 Å². The number of aromatic nitrogens is 1. The molecule has 0 aliphatic heterocycles. The maximum absolute atomic E-state index is 12.4. The zero-order chi connectivity index (χ0) is 10.9. The van der Waals surface area contributed by atoms with E-state index in [9.17, 15) is 13.6 Å². The van der Waals surface area contributed by atoms with Crippen LogP contribution in [0.4, 0.5) is 8.78 Å². The number of carbonyl (C=O) groups is 1. The number of primary amides is 1. The number of nitrogens with zero attached hydrogens (tertiary/aromatic N) is 1. The summed E-state index contributed by atoms with van der Waals surface area (Å²) in [4.78, 5) is 14.4. The molecule has 0 aromatic carbocycles. The Hall–Kier alpha value is -0.0600. The third-order valence-electron chi connectivity index (χ3n) is 1.46. The minimum atomic E-state index is -2.79. The third-order valence-corrected chi connectivity index (χ3v) is 4.43. The first-order valence-corrected chi connectivity index (χ1v) is 5.52. The number of nitrogens with two attached hydrogens (primary N) is 1. The van der Waals surface area contributed by atoms with Gasteiger partial charge in [0.1, 0.15) is 5.69 Å². The number of pyridine rings is 1. The van der Waals surface area contributed by atoms with Crippen molar-refractivity contribution in [3.8, 4) is 0 Å². The fraction of sp³-hybridized carbons (Fsp3) is 0.143. The monoisotopic (exact) mass is 424 g/mol. The van der Waals surface area contributed by atoms with E-state index in [4.69, 9.17) is 5.73 Å². The lowest BCUT2D eigenvalue weighted by atomic mass is 10.2. The Bertz CT molecular complexity index is 384. The van der Waals surface area contributed by atoms with Crippen LogP contribution in [-0.4, -0.2) is 10.9 Å². The number of amides is 1. The molecular formula is C7H4F2I2N2O. The van der Waals surface area contributed by atoms with E-state index in [1.807, 2.05) is 22.6 Å². The standard InChI is InChI=1S/C7H4F2I2N2O/c8-6(9)5-3(7(12)14)4(11)2(10)1-13-5/h1,6H,(H2,12,14). The van der Waals surface area contributed by atoms with Crippen molar-refractivity contribution in [2.75, 3.05) is 0 Å². The van der Waals surface area contributed by atoms with E-state index in [1.54, 1.807) is 22.6 Å². The van der Waals surface area contributed by atoms with Crippen molar-refractivity contribution in [3.05, 3.63) is 24.6 Å². The number of rotatable bonds is 2. The first kappa shape index (κ1) is 12.0. The summed E-state index contributed by atoms with van der Waals surface area (Å²) in [6.07, 6.45) is -1.50. The molecule has 0 bridgehead atoms. The van der Waals surface area contributed by atoms with Gasteiger partial charge in [-0.1, -0.05) is 0 Å². The third kappa shape index (κ3) is 2.30. The van der Waals surface area contributed by atoms with Crippen LogP contribution in [0.1, 0.15) is 22.5 Å². The molecule has 0 radical (unpaired) electrons. The van der Waals surface area contributed by atoms with E-state index >= 15 is 0 Å². The molecule has 0 fully saturated rings. The SMILES string of the molecule is NC(=O)c1c(C(F)F)ncc(I)c1I. The predicted molar refractivity (Wildman–Crippen MR) is 63.1 cm³/mol. The second-order valence-corrected chi connectivity index (χ2v) is 4.59. The van der Waals surface area contributed by atoms with Crippen LogP contribution in [0.25, 0.3) is 0 Å². The molecule has 1 aromatic rings. The van der Waals surface area contributed by atoms with E-state index in [0.717, 1.165) is 0 Å². The summed E-state index contributed by atoms with van der Waals surface area (Å²) in [5.41, 5.74) is 4.26. The zero-order valence-corrected chi connectivity index (χ0v) is 10.9. The van der Waals surface area contributed by atoms with Gasteiger partial charge in [0.2, 0.25) is 0 Å². The topological polar surface area (TPSA) is 56.0 Å². The second kappa shape index (κ2) is 4.64. The molecule has 1 rings (SSSR count). The Morgan fingerprint density at radius 3 is 2.50 bits per heavy atom. The zero-order valence-electron chi connectivity index (χ0n) is 6.60. The van der Waals surface area contributed by atoms with Crippen LogP contribution < -0.4 is 5.73 Å². The molecule has 2 N–H and O–H groups in total. The molecule has 0 saturated carbocycles. The molecule has 0 aliphatic carbocycles. The second-order valence-electron chi connectivity index (χ2n) is 2.35. The lowest BCUT2D eigenvalue weighted by molar-refractivity contribution is 0.0981. The van der Waals surface area contributed by atoms with Crippen LogP contribution in [0.3, 0.4) is 0 Å². The van der Waals surface area contributed by atoms with E-state index < -0.39 is 18.0 Å². The fourth-order valence-electron chi connectivity index (χ4n) is 0.879. The van der Waals surface area contributed by atoms with Crippen molar-refractivity contribution in [3.63, 3.8) is 0 Å². The number of hydrogen-bond donors (Lipinski definition) is 1. The highest BCUT2D eigenvalue weighted by Gasteiger charge is 2.22. The Morgan fingerprint density at radius 1 is 1.50 bits per heavy atom. The summed E-state index contributed by atoms with van der Waals surface area (Å²) in [5, 5.41) is 0. The van der Waals surface area contributed by atoms with Crippen LogP contribution in [0.2, 0.25) is 0 Å². The van der Waals surface area contributed by atoms with Crippen LogP contribution in [-0.2, 0) is 0 Å². The maximum atomic E-state index is 12.4. The summed E-state index contributed by atoms with van der Waals surface area (Å²) in [6.45, 7) is 0. The smallest absolute Gasteiger partial charge is 0.281 e. The molecule has 76 valence electrons. The summed E-state index contributed by atoms with van der Waals surface area (Å²) in [7, 11) is 0. The minimum absolute atomic E-state index is 0.187. The average molecular weight is 424 g/mol. The molecule has 14 heavy (non-hydrogen) atoms. The molecule has 1 aromatic heterocycles. The minimum Gasteiger partial charge on any atom is -0.366 e. The quantitative estimate of drug-likeness (QED) is 0.742. The van der Waals surface area contributed by atoms with Gasteiger partial charge in [0.25, 0.3) is 12.3 Å². The molecule has 0 unspecified atom stereocenters. The molecule has 7 heteroatoms. The summed E-state index contributed by atoms with van der Waals surface area (Å²) in [6, 6.07) is 0. The van der Waals surface area contributed by atoms with Crippen molar-refractivity contribution in [1.29, 1.82) is 0 Å². The summed E-state index contributed by atoms with van der Waals surface area (Å²) >= 11 is 3.70. The fourth-order valence-corrected chi connectivity index (χ4v) is 1.97. The highest BCUT2D eigenvalue weighted by molar-refractivity contribution is 14.1. The van der Waals surface area contributed by atoms with E-state index in [2.05, 4.69) is 4.98 Å². The van der Waals surface area contributed by atoms with Gasteiger partial charge in [-0.25, -0.2) is 8.78 Å². The van der Waals surface area contributed by atoms with Gasteiger partial charge in [-0.05, 0) is 45.2 Å². The molecule has 3 nitrogen and oxygen atoms in total. The van der Waals surface area contributed by atoms with Gasteiger partial charge in [-0.3, -0.25) is 9.78 Å². The van der Waals surface area contributed by atoms with Crippen molar-refractivity contribution >= 4 is 51.1 Å². The molecule has 0 aliphatic rings. The summed E-state index contributed by atoms with van der Waals surface area (Å²) in [5.74, 6) is -0.879. The van der Waals surface area contributed by atoms with Gasteiger partial charge < -0.3 is 5.73 Å². The molecular weight excluding hydrogens is 420 g/mol. The molecule has 1 heterocycles. The van der Waals surface area contributed by atoms with Crippen molar-refractivity contribution in [1.82, 2.24) is 4.98 Å². The lowest BCUT2D eigenvalue weighted by Crippen LogP contribution is -2.18. The molecule has 0 atom stereocenters. The Balaban J connectivity index is 3.45. The van der Waals surface area contributed by atoms with E-state index in [1.165, 1.54) is 6.20 Å². The Morgan fingerprint density at radius 2 is 2.07 bits per heavy atom. The molecule has 0 saturated heterocycles. The van der Waals surface area contributed by atoms with Gasteiger partial charge in [0.05, 0.1) is 5.56 Å². The van der Waals surface area contributed by atoms with Crippen molar-refractivity contribution in [2.24, 2.45) is 5.73 Å². The van der Waals surface area contributed by atoms with Crippen LogP contribution >= 0.6 is 45.2 Å². The first-order valence-electron chi connectivity index (χ1n) is 3.37. The van der Waals surface area contributed by atoms with Gasteiger partial charge in [-0.15, -0.1) is 0 Å². The molecule has 0 spiro atoms. The lowest BCUT2D eigenvalue weighted by Gasteiger charge is -2.07. The van der Waals surface area contributed by atoms with Crippen molar-refractivity contribution in [2.45, 2.75) is 6.43 Å². The number of hydrogen-bond acceptors (Lipinski definition) is 2. The van der Waals surface area contributed by atoms with Gasteiger partial charge in [0, 0.05) is 13.3 Å². The van der Waals surface area contributed by atoms with Gasteiger partial charge in [-0.2, -0.15) is 0 Å². The average Bonchev–Trinajstić information content (AvgIpc) is 2.08. The van der Waals surface area contributed by atoms with Crippen LogP contribution in [0.15, 0.2) is 6.20 Å². The number of carbonyl (C=O) groups excluding carboxylic acids is 1.